The number of nitrogens with zero attached hydrogens (tertiary/aromatic N) is 5. The Bertz CT molecular complexity index is 979. The summed E-state index contributed by atoms with van der Waals surface area (Å²) in [6.07, 6.45) is 4.47. The van der Waals surface area contributed by atoms with Crippen LogP contribution in [0.5, 0.6) is 0 Å². The summed E-state index contributed by atoms with van der Waals surface area (Å²) in [5, 5.41) is 3.77. The Labute approximate surface area is 180 Å². The van der Waals surface area contributed by atoms with E-state index in [1.54, 1.807) is 12.4 Å². The molecule has 0 bridgehead atoms. The molecule has 1 amide bonds. The van der Waals surface area contributed by atoms with Crippen LogP contribution >= 0.6 is 11.3 Å². The molecular weight excluding hydrogens is 400 g/mol. The van der Waals surface area contributed by atoms with Gasteiger partial charge in [-0.1, -0.05) is 0 Å². The number of carbonyl (C=O) groups is 1. The molecule has 0 unspecified atom stereocenters. The fourth-order valence-electron chi connectivity index (χ4n) is 3.47. The third-order valence-electron chi connectivity index (χ3n) is 5.10. The highest BCUT2D eigenvalue weighted by molar-refractivity contribution is 7.17. The van der Waals surface area contributed by atoms with Gasteiger partial charge in [0.1, 0.15) is 10.6 Å². The van der Waals surface area contributed by atoms with Gasteiger partial charge in [0.15, 0.2) is 10.8 Å². The summed E-state index contributed by atoms with van der Waals surface area (Å²) in [4.78, 5) is 31.0. The van der Waals surface area contributed by atoms with Gasteiger partial charge in [-0.2, -0.15) is 0 Å². The lowest BCUT2D eigenvalue weighted by Crippen LogP contribution is -2.47. The molecule has 1 aliphatic heterocycles. The number of carbonyl (C=O) groups excluding carboxylic acids is 1. The molecule has 0 atom stereocenters. The normalized spacial score (nSPS) is 14.8. The Kier molecular flexibility index (Phi) is 6.39. The number of furan rings is 1. The van der Waals surface area contributed by atoms with Crippen molar-refractivity contribution in [2.75, 3.05) is 44.2 Å². The second-order valence-corrected chi connectivity index (χ2v) is 8.33. The minimum Gasteiger partial charge on any atom is -0.459 e. The maximum atomic E-state index is 12.6. The van der Waals surface area contributed by atoms with E-state index in [2.05, 4.69) is 30.1 Å². The van der Waals surface area contributed by atoms with Gasteiger partial charge in [0.25, 0.3) is 5.91 Å². The average molecular weight is 427 g/mol. The number of rotatable bonds is 7. The number of hydrogen-bond acceptors (Lipinski definition) is 8. The Morgan fingerprint density at radius 2 is 1.93 bits per heavy atom. The van der Waals surface area contributed by atoms with Crippen molar-refractivity contribution in [3.63, 3.8) is 0 Å². The monoisotopic (exact) mass is 426 g/mol. The van der Waals surface area contributed by atoms with Crippen molar-refractivity contribution in [3.05, 3.63) is 46.9 Å². The van der Waals surface area contributed by atoms with E-state index in [0.717, 1.165) is 61.6 Å². The maximum Gasteiger partial charge on any atom is 0.263 e. The van der Waals surface area contributed by atoms with E-state index >= 15 is 0 Å². The molecule has 0 aliphatic carbocycles. The van der Waals surface area contributed by atoms with Crippen LogP contribution in [0.4, 0.5) is 5.95 Å². The zero-order valence-electron chi connectivity index (χ0n) is 17.3. The molecule has 1 N–H and O–H groups in total. The van der Waals surface area contributed by atoms with Gasteiger partial charge in [-0.05, 0) is 45.0 Å². The lowest BCUT2D eigenvalue weighted by atomic mass is 10.3. The highest BCUT2D eigenvalue weighted by Gasteiger charge is 2.19. The van der Waals surface area contributed by atoms with Crippen molar-refractivity contribution in [2.24, 2.45) is 0 Å². The fourth-order valence-corrected chi connectivity index (χ4v) is 4.42. The summed E-state index contributed by atoms with van der Waals surface area (Å²) in [7, 11) is 0. The number of piperazine rings is 1. The minimum absolute atomic E-state index is 0.0643. The zero-order chi connectivity index (χ0) is 20.9. The van der Waals surface area contributed by atoms with Crippen LogP contribution < -0.4 is 10.2 Å². The average Bonchev–Trinajstić information content (AvgIpc) is 3.38. The van der Waals surface area contributed by atoms with E-state index in [1.807, 2.05) is 32.0 Å². The van der Waals surface area contributed by atoms with Gasteiger partial charge in [-0.15, -0.1) is 11.3 Å². The number of aromatic nitrogens is 3. The predicted octanol–water partition coefficient (Wildman–Crippen LogP) is 2.75. The summed E-state index contributed by atoms with van der Waals surface area (Å²) in [5.74, 6) is 2.28. The quantitative estimate of drug-likeness (QED) is 0.581. The van der Waals surface area contributed by atoms with Gasteiger partial charge in [0.2, 0.25) is 5.95 Å². The Morgan fingerprint density at radius 1 is 1.17 bits per heavy atom. The molecule has 0 saturated carbocycles. The van der Waals surface area contributed by atoms with Crippen LogP contribution in [-0.4, -0.2) is 65.0 Å². The third kappa shape index (κ3) is 4.85. The lowest BCUT2D eigenvalue weighted by Gasteiger charge is -2.34. The number of nitrogens with one attached hydrogen (secondary N) is 1. The zero-order valence-corrected chi connectivity index (χ0v) is 18.1. The Morgan fingerprint density at radius 3 is 2.63 bits per heavy atom. The summed E-state index contributed by atoms with van der Waals surface area (Å²) in [5.41, 5.74) is 0.737. The smallest absolute Gasteiger partial charge is 0.263 e. The first-order chi connectivity index (χ1) is 14.6. The molecule has 8 nitrogen and oxygen atoms in total. The highest BCUT2D eigenvalue weighted by Crippen LogP contribution is 2.29. The van der Waals surface area contributed by atoms with E-state index in [-0.39, 0.29) is 5.91 Å². The second-order valence-electron chi connectivity index (χ2n) is 7.33. The fraction of sp³-hybridized carbons (Fsp3) is 0.429. The van der Waals surface area contributed by atoms with E-state index < -0.39 is 0 Å². The number of hydrogen-bond donors (Lipinski definition) is 1. The van der Waals surface area contributed by atoms with Gasteiger partial charge in [0.05, 0.1) is 5.69 Å². The molecule has 3 aromatic rings. The first-order valence-electron chi connectivity index (χ1n) is 10.2. The van der Waals surface area contributed by atoms with Crippen molar-refractivity contribution < 1.29 is 9.21 Å². The molecule has 0 radical (unpaired) electrons. The molecule has 158 valence electrons. The molecule has 4 heterocycles. The first kappa shape index (κ1) is 20.5. The summed E-state index contributed by atoms with van der Waals surface area (Å²) in [6.45, 7) is 9.17. The summed E-state index contributed by atoms with van der Waals surface area (Å²) >= 11 is 1.37. The van der Waals surface area contributed by atoms with Crippen LogP contribution in [0.15, 0.2) is 35.0 Å². The van der Waals surface area contributed by atoms with Crippen molar-refractivity contribution in [2.45, 2.75) is 20.3 Å². The Balaban J connectivity index is 1.20. The SMILES string of the molecule is Cc1ccc(-c2nc(C)c(C(=O)NCCCN3CCN(c4ncccn4)CC3)s2)o1. The summed E-state index contributed by atoms with van der Waals surface area (Å²) < 4.78 is 5.62. The van der Waals surface area contributed by atoms with Crippen LogP contribution in [0.25, 0.3) is 10.8 Å². The number of anilines is 1. The molecule has 3 aromatic heterocycles. The van der Waals surface area contributed by atoms with Crippen molar-refractivity contribution >= 4 is 23.2 Å². The van der Waals surface area contributed by atoms with Gasteiger partial charge in [-0.3, -0.25) is 9.69 Å². The largest absolute Gasteiger partial charge is 0.459 e. The number of amides is 1. The molecule has 1 fully saturated rings. The molecule has 1 aliphatic rings. The van der Waals surface area contributed by atoms with E-state index in [4.69, 9.17) is 4.42 Å². The number of thiazole rings is 1. The summed E-state index contributed by atoms with van der Waals surface area (Å²) in [6, 6.07) is 5.62. The third-order valence-corrected chi connectivity index (χ3v) is 6.27. The van der Waals surface area contributed by atoms with Crippen LogP contribution in [0.2, 0.25) is 0 Å². The van der Waals surface area contributed by atoms with Crippen LogP contribution in [0.1, 0.15) is 27.5 Å². The maximum absolute atomic E-state index is 12.6. The van der Waals surface area contributed by atoms with Crippen LogP contribution in [0.3, 0.4) is 0 Å². The molecule has 4 rings (SSSR count). The second kappa shape index (κ2) is 9.36. The standard InChI is InChI=1S/C21H26N6O2S/c1-15-5-6-17(29-15)20-25-16(2)18(30-20)19(28)22-9-4-10-26-11-13-27(14-12-26)21-23-7-3-8-24-21/h3,5-8H,4,9-14H2,1-2H3,(H,22,28). The van der Waals surface area contributed by atoms with Crippen molar-refractivity contribution in [3.8, 4) is 10.8 Å². The minimum atomic E-state index is -0.0643. The molecule has 30 heavy (non-hydrogen) atoms. The van der Waals surface area contributed by atoms with Gasteiger partial charge in [0, 0.05) is 45.1 Å². The molecular formula is C21H26N6O2S. The molecule has 0 spiro atoms. The first-order valence-corrected chi connectivity index (χ1v) is 11.0. The van der Waals surface area contributed by atoms with Crippen LogP contribution in [-0.2, 0) is 0 Å². The van der Waals surface area contributed by atoms with E-state index in [9.17, 15) is 4.79 Å². The van der Waals surface area contributed by atoms with Gasteiger partial charge < -0.3 is 14.6 Å². The van der Waals surface area contributed by atoms with Crippen molar-refractivity contribution in [1.82, 2.24) is 25.2 Å². The molecule has 1 saturated heterocycles. The van der Waals surface area contributed by atoms with E-state index in [1.165, 1.54) is 11.3 Å². The highest BCUT2D eigenvalue weighted by atomic mass is 32.1. The van der Waals surface area contributed by atoms with Crippen LogP contribution in [0, 0.1) is 13.8 Å². The van der Waals surface area contributed by atoms with Crippen molar-refractivity contribution in [1.29, 1.82) is 0 Å². The van der Waals surface area contributed by atoms with Gasteiger partial charge in [-0.25, -0.2) is 15.0 Å². The van der Waals surface area contributed by atoms with E-state index in [0.29, 0.717) is 17.2 Å². The molecule has 9 heteroatoms. The number of aryl methyl sites for hydroxylation is 2. The Hall–Kier alpha value is -2.78. The molecule has 0 aromatic carbocycles. The predicted molar refractivity (Wildman–Crippen MR) is 117 cm³/mol. The van der Waals surface area contributed by atoms with Gasteiger partial charge >= 0.3 is 0 Å². The lowest BCUT2D eigenvalue weighted by molar-refractivity contribution is 0.0954. The topological polar surface area (TPSA) is 87.4 Å².